The molecule has 0 heterocycles. The van der Waals surface area contributed by atoms with Crippen molar-refractivity contribution >= 4 is 0 Å². The number of hydrogen-bond donors (Lipinski definition) is 0. The van der Waals surface area contributed by atoms with Gasteiger partial charge in [-0.05, 0) is 69.1 Å². The number of rotatable bonds is 10. The molecule has 32 heavy (non-hydrogen) atoms. The van der Waals surface area contributed by atoms with Crippen molar-refractivity contribution < 1.29 is 31.8 Å². The maximum absolute atomic E-state index is 14.8. The first-order valence-corrected chi connectivity index (χ1v) is 11.5. The summed E-state index contributed by atoms with van der Waals surface area (Å²) < 4.78 is 73.9. The van der Waals surface area contributed by atoms with E-state index in [1.165, 1.54) is 12.1 Å². The van der Waals surface area contributed by atoms with Gasteiger partial charge in [-0.2, -0.15) is 8.78 Å². The minimum atomic E-state index is -1.34. The lowest BCUT2D eigenvalue weighted by Crippen LogP contribution is -2.43. The second-order valence-electron chi connectivity index (χ2n) is 8.47. The maximum atomic E-state index is 14.8. The van der Waals surface area contributed by atoms with E-state index in [1.807, 2.05) is 6.92 Å². The second-order valence-corrected chi connectivity index (χ2v) is 8.47. The highest BCUT2D eigenvalue weighted by Crippen LogP contribution is 2.46. The van der Waals surface area contributed by atoms with Crippen molar-refractivity contribution in [1.82, 2.24) is 0 Å². The van der Waals surface area contributed by atoms with Crippen molar-refractivity contribution in [3.63, 3.8) is 0 Å². The van der Waals surface area contributed by atoms with E-state index in [0.717, 1.165) is 12.8 Å². The lowest BCUT2D eigenvalue weighted by atomic mass is 9.71. The molecular weight excluding hydrogens is 424 g/mol. The van der Waals surface area contributed by atoms with Gasteiger partial charge in [-0.3, -0.25) is 0 Å². The molecule has 1 saturated carbocycles. The minimum absolute atomic E-state index is 0.0472. The molecule has 178 valence electrons. The molecule has 1 aromatic rings. The van der Waals surface area contributed by atoms with Crippen LogP contribution in [0.25, 0.3) is 0 Å². The number of halogens is 4. The molecule has 0 aromatic heterocycles. The van der Waals surface area contributed by atoms with Gasteiger partial charge in [-0.1, -0.05) is 19.4 Å². The fourth-order valence-corrected chi connectivity index (χ4v) is 4.52. The summed E-state index contributed by atoms with van der Waals surface area (Å²) in [5.41, 5.74) is -1.34. The van der Waals surface area contributed by atoms with E-state index in [9.17, 15) is 17.6 Å². The van der Waals surface area contributed by atoms with Crippen LogP contribution in [0.1, 0.15) is 58.8 Å². The van der Waals surface area contributed by atoms with E-state index in [-0.39, 0.29) is 43.0 Å². The monoisotopic (exact) mass is 456 g/mol. The van der Waals surface area contributed by atoms with E-state index in [2.05, 4.69) is 0 Å². The Hall–Kier alpha value is -2.02. The van der Waals surface area contributed by atoms with Crippen LogP contribution in [0, 0.1) is 23.5 Å². The molecular formula is C25H32F4O3. The Morgan fingerprint density at radius 2 is 1.59 bits per heavy atom. The Morgan fingerprint density at radius 3 is 2.22 bits per heavy atom. The van der Waals surface area contributed by atoms with Gasteiger partial charge in [-0.15, -0.1) is 0 Å². The highest BCUT2D eigenvalue weighted by Gasteiger charge is 2.46. The molecule has 0 amide bonds. The summed E-state index contributed by atoms with van der Waals surface area (Å²) in [5.74, 6) is -4.04. The molecule has 1 fully saturated rings. The largest absolute Gasteiger partial charge is 0.490 e. The Kier molecular flexibility index (Phi) is 8.63. The summed E-state index contributed by atoms with van der Waals surface area (Å²) in [4.78, 5) is 0. The zero-order valence-corrected chi connectivity index (χ0v) is 18.8. The average Bonchev–Trinajstić information content (AvgIpc) is 2.80. The minimum Gasteiger partial charge on any atom is -0.490 e. The van der Waals surface area contributed by atoms with E-state index < -0.39 is 28.9 Å². The molecule has 0 bridgehead atoms. The Morgan fingerprint density at radius 1 is 0.938 bits per heavy atom. The fourth-order valence-electron chi connectivity index (χ4n) is 4.52. The molecule has 1 unspecified atom stereocenters. The third-order valence-corrected chi connectivity index (χ3v) is 6.32. The van der Waals surface area contributed by atoms with Crippen molar-refractivity contribution in [2.24, 2.45) is 11.8 Å². The molecule has 3 rings (SSSR count). The van der Waals surface area contributed by atoms with Gasteiger partial charge in [0, 0.05) is 13.0 Å². The van der Waals surface area contributed by atoms with Gasteiger partial charge in [0.05, 0.1) is 13.2 Å². The predicted molar refractivity (Wildman–Crippen MR) is 115 cm³/mol. The summed E-state index contributed by atoms with van der Waals surface area (Å²) in [6.07, 6.45) is 7.53. The van der Waals surface area contributed by atoms with Crippen LogP contribution in [-0.2, 0) is 4.74 Å². The Bertz CT molecular complexity index is 831. The Labute approximate surface area is 187 Å². The highest BCUT2D eigenvalue weighted by molar-refractivity contribution is 5.35. The number of benzene rings is 1. The van der Waals surface area contributed by atoms with Crippen LogP contribution in [0.15, 0.2) is 35.9 Å². The van der Waals surface area contributed by atoms with Gasteiger partial charge in [0.15, 0.2) is 17.3 Å². The zero-order chi connectivity index (χ0) is 23.1. The zero-order valence-electron chi connectivity index (χ0n) is 18.8. The summed E-state index contributed by atoms with van der Waals surface area (Å²) in [5, 5.41) is 0. The predicted octanol–water partition coefficient (Wildman–Crippen LogP) is 7.21. The summed E-state index contributed by atoms with van der Waals surface area (Å²) in [7, 11) is 0. The standard InChI is InChI=1S/C25H32F4O3/c1-3-5-15-30-20-12-13-21(23(28)22(20)27)31-16-17-8-10-18(11-9-17)25(32-4-2)14-6-7-19(26)24(25)29/h6,12-14,17-18H,3-5,7-11,15-16H2,1-2H3/t17-,18-,25?. The van der Waals surface area contributed by atoms with Crippen LogP contribution in [0.3, 0.4) is 0 Å². The third kappa shape index (κ3) is 5.30. The average molecular weight is 457 g/mol. The molecule has 1 atom stereocenters. The van der Waals surface area contributed by atoms with Crippen molar-refractivity contribution in [3.05, 3.63) is 47.6 Å². The van der Waals surface area contributed by atoms with Gasteiger partial charge in [-0.25, -0.2) is 8.78 Å². The molecule has 2 aliphatic rings. The quantitative estimate of drug-likeness (QED) is 0.211. The summed E-state index contributed by atoms with van der Waals surface area (Å²) in [6.45, 7) is 4.58. The smallest absolute Gasteiger partial charge is 0.204 e. The SMILES string of the molecule is CCCCOc1ccc(OC[C@H]2CC[C@H](C3(OCC)C=CCC(F)=C3F)CC2)c(F)c1F. The van der Waals surface area contributed by atoms with Crippen molar-refractivity contribution in [2.75, 3.05) is 19.8 Å². The number of ether oxygens (including phenoxy) is 3. The maximum Gasteiger partial charge on any atom is 0.204 e. The molecule has 0 N–H and O–H groups in total. The third-order valence-electron chi connectivity index (χ3n) is 6.32. The highest BCUT2D eigenvalue weighted by atomic mass is 19.2. The number of hydrogen-bond acceptors (Lipinski definition) is 3. The first-order valence-electron chi connectivity index (χ1n) is 11.5. The number of unbranched alkanes of at least 4 members (excludes halogenated alkanes) is 1. The van der Waals surface area contributed by atoms with Gasteiger partial charge in [0.2, 0.25) is 11.6 Å². The van der Waals surface area contributed by atoms with E-state index in [1.54, 1.807) is 19.1 Å². The first kappa shape index (κ1) is 24.6. The fraction of sp³-hybridized carbons (Fsp3) is 0.600. The number of allylic oxidation sites excluding steroid dienone is 2. The van der Waals surface area contributed by atoms with E-state index in [0.29, 0.717) is 32.3 Å². The van der Waals surface area contributed by atoms with Crippen LogP contribution in [-0.4, -0.2) is 25.4 Å². The lowest BCUT2D eigenvalue weighted by Gasteiger charge is -2.42. The van der Waals surface area contributed by atoms with Gasteiger partial charge in [0.1, 0.15) is 11.4 Å². The molecule has 7 heteroatoms. The van der Waals surface area contributed by atoms with Crippen LogP contribution in [0.4, 0.5) is 17.6 Å². The molecule has 0 aliphatic heterocycles. The van der Waals surface area contributed by atoms with Crippen LogP contribution >= 0.6 is 0 Å². The van der Waals surface area contributed by atoms with Crippen molar-refractivity contribution in [3.8, 4) is 11.5 Å². The van der Waals surface area contributed by atoms with Crippen molar-refractivity contribution in [1.29, 1.82) is 0 Å². The topological polar surface area (TPSA) is 27.7 Å². The molecule has 0 saturated heterocycles. The van der Waals surface area contributed by atoms with E-state index in [4.69, 9.17) is 14.2 Å². The van der Waals surface area contributed by atoms with Crippen LogP contribution in [0.5, 0.6) is 11.5 Å². The summed E-state index contributed by atoms with van der Waals surface area (Å²) >= 11 is 0. The molecule has 2 aliphatic carbocycles. The lowest BCUT2D eigenvalue weighted by molar-refractivity contribution is -0.0518. The molecule has 3 nitrogen and oxygen atoms in total. The van der Waals surface area contributed by atoms with Crippen LogP contribution in [0.2, 0.25) is 0 Å². The van der Waals surface area contributed by atoms with E-state index >= 15 is 0 Å². The second kappa shape index (κ2) is 11.2. The molecule has 1 aromatic carbocycles. The summed E-state index contributed by atoms with van der Waals surface area (Å²) in [6, 6.07) is 2.76. The van der Waals surface area contributed by atoms with Gasteiger partial charge in [0.25, 0.3) is 0 Å². The normalized spacial score (nSPS) is 25.8. The molecule has 0 spiro atoms. The molecule has 0 radical (unpaired) electrons. The van der Waals surface area contributed by atoms with Gasteiger partial charge >= 0.3 is 0 Å². The Balaban J connectivity index is 1.57. The van der Waals surface area contributed by atoms with Crippen molar-refractivity contribution in [2.45, 2.75) is 64.4 Å². The van der Waals surface area contributed by atoms with Gasteiger partial charge < -0.3 is 14.2 Å². The van der Waals surface area contributed by atoms with Crippen LogP contribution < -0.4 is 9.47 Å². The first-order chi connectivity index (χ1) is 15.4.